The fourth-order valence-corrected chi connectivity index (χ4v) is 0.718. The highest BCUT2D eigenvalue weighted by molar-refractivity contribution is 5.19. The Morgan fingerprint density at radius 2 is 1.89 bits per heavy atom. The molecule has 50 valence electrons. The topological polar surface area (TPSA) is 26.0 Å². The van der Waals surface area contributed by atoms with Crippen LogP contribution in [-0.2, 0) is 0 Å². The summed E-state index contributed by atoms with van der Waals surface area (Å²) in [5, 5.41) is 0. The van der Waals surface area contributed by atoms with E-state index >= 15 is 0 Å². The van der Waals surface area contributed by atoms with Crippen LogP contribution in [0.4, 0.5) is 4.39 Å². The molecule has 0 aromatic rings. The molecule has 0 radical (unpaired) electrons. The van der Waals surface area contributed by atoms with E-state index in [4.69, 9.17) is 5.73 Å². The molecule has 0 saturated carbocycles. The molecule has 0 amide bonds. The summed E-state index contributed by atoms with van der Waals surface area (Å²) in [7, 11) is 0. The van der Waals surface area contributed by atoms with Crippen molar-refractivity contribution in [2.45, 2.75) is 12.7 Å². The Labute approximate surface area is 54.0 Å². The zero-order valence-electron chi connectivity index (χ0n) is 5.34. The Kier molecular flexibility index (Phi) is 1.41. The number of hydrogen-bond donors (Lipinski definition) is 1. The second kappa shape index (κ2) is 1.95. The van der Waals surface area contributed by atoms with Crippen molar-refractivity contribution in [3.05, 3.63) is 24.3 Å². The summed E-state index contributed by atoms with van der Waals surface area (Å²) in [5.41, 5.74) is 5.10. The first-order valence-electron chi connectivity index (χ1n) is 2.97. The van der Waals surface area contributed by atoms with Crippen molar-refractivity contribution in [2.75, 3.05) is 0 Å². The van der Waals surface area contributed by atoms with Gasteiger partial charge in [0.25, 0.3) is 0 Å². The zero-order valence-corrected chi connectivity index (χ0v) is 5.34. The predicted molar refractivity (Wildman–Crippen MR) is 35.5 cm³/mol. The Balaban J connectivity index is 2.70. The number of nitrogens with two attached hydrogens (primary N) is 1. The van der Waals surface area contributed by atoms with E-state index in [1.165, 1.54) is 12.2 Å². The highest BCUT2D eigenvalue weighted by atomic mass is 19.1. The lowest BCUT2D eigenvalue weighted by molar-refractivity contribution is 0.304. The van der Waals surface area contributed by atoms with Crippen molar-refractivity contribution in [3.63, 3.8) is 0 Å². The Morgan fingerprint density at radius 3 is 2.22 bits per heavy atom. The number of allylic oxidation sites excluding steroid dienone is 2. The van der Waals surface area contributed by atoms with E-state index < -0.39 is 5.79 Å². The van der Waals surface area contributed by atoms with Crippen molar-refractivity contribution in [3.8, 4) is 0 Å². The highest BCUT2D eigenvalue weighted by Crippen LogP contribution is 2.16. The van der Waals surface area contributed by atoms with Crippen LogP contribution in [-0.4, -0.2) is 5.79 Å². The first-order chi connectivity index (χ1) is 4.10. The van der Waals surface area contributed by atoms with E-state index in [-0.39, 0.29) is 0 Å². The lowest BCUT2D eigenvalue weighted by Gasteiger charge is -2.15. The fourth-order valence-electron chi connectivity index (χ4n) is 0.718. The van der Waals surface area contributed by atoms with E-state index in [1.54, 1.807) is 12.2 Å². The quantitative estimate of drug-likeness (QED) is 0.386. The van der Waals surface area contributed by atoms with Crippen molar-refractivity contribution in [2.24, 2.45) is 11.7 Å². The van der Waals surface area contributed by atoms with Crippen molar-refractivity contribution >= 4 is 0 Å². The molecule has 0 bridgehead atoms. The molecular weight excluding hydrogens is 117 g/mol. The van der Waals surface area contributed by atoms with E-state index in [0.717, 1.165) is 0 Å². The summed E-state index contributed by atoms with van der Waals surface area (Å²) in [6.07, 6.45) is 6.25. The minimum atomic E-state index is -1.70. The van der Waals surface area contributed by atoms with Gasteiger partial charge in [0.15, 0.2) is 5.79 Å². The zero-order chi connectivity index (χ0) is 6.91. The SMILES string of the molecule is CC1C=CC(N)(F)C=C1. The van der Waals surface area contributed by atoms with Gasteiger partial charge in [0.2, 0.25) is 0 Å². The second-order valence-corrected chi connectivity index (χ2v) is 2.40. The lowest BCUT2D eigenvalue weighted by Crippen LogP contribution is -2.30. The maximum Gasteiger partial charge on any atom is 0.196 e. The van der Waals surface area contributed by atoms with Gasteiger partial charge < -0.3 is 0 Å². The number of hydrogen-bond acceptors (Lipinski definition) is 1. The standard InChI is InChI=1S/C7H10FN/c1-6-2-4-7(8,9)5-3-6/h2-6H,9H2,1H3. The summed E-state index contributed by atoms with van der Waals surface area (Å²) < 4.78 is 12.6. The Hall–Kier alpha value is -0.630. The third kappa shape index (κ3) is 1.64. The van der Waals surface area contributed by atoms with E-state index in [0.29, 0.717) is 5.92 Å². The molecule has 2 heteroatoms. The van der Waals surface area contributed by atoms with Crippen LogP contribution in [0.3, 0.4) is 0 Å². The molecule has 0 heterocycles. The fraction of sp³-hybridized carbons (Fsp3) is 0.429. The molecule has 0 aromatic carbocycles. The normalized spacial score (nSPS) is 41.4. The molecule has 1 aliphatic rings. The van der Waals surface area contributed by atoms with Gasteiger partial charge >= 0.3 is 0 Å². The van der Waals surface area contributed by atoms with Gasteiger partial charge in [-0.1, -0.05) is 19.1 Å². The van der Waals surface area contributed by atoms with Crippen LogP contribution >= 0.6 is 0 Å². The molecule has 0 atom stereocenters. The predicted octanol–water partition coefficient (Wildman–Crippen LogP) is 1.37. The van der Waals surface area contributed by atoms with Crippen LogP contribution in [0.2, 0.25) is 0 Å². The summed E-state index contributed by atoms with van der Waals surface area (Å²) in [6.45, 7) is 1.97. The molecule has 1 rings (SSSR count). The summed E-state index contributed by atoms with van der Waals surface area (Å²) in [5.74, 6) is -1.38. The smallest absolute Gasteiger partial charge is 0.196 e. The highest BCUT2D eigenvalue weighted by Gasteiger charge is 2.17. The van der Waals surface area contributed by atoms with Crippen LogP contribution in [0.5, 0.6) is 0 Å². The van der Waals surface area contributed by atoms with Gasteiger partial charge in [-0.2, -0.15) is 0 Å². The van der Waals surface area contributed by atoms with Crippen LogP contribution in [0.15, 0.2) is 24.3 Å². The first-order valence-corrected chi connectivity index (χ1v) is 2.97. The summed E-state index contributed by atoms with van der Waals surface area (Å²) >= 11 is 0. The second-order valence-electron chi connectivity index (χ2n) is 2.40. The molecule has 2 N–H and O–H groups in total. The molecule has 0 saturated heterocycles. The van der Waals surface area contributed by atoms with E-state index in [9.17, 15) is 4.39 Å². The van der Waals surface area contributed by atoms with Crippen molar-refractivity contribution < 1.29 is 4.39 Å². The lowest BCUT2D eigenvalue weighted by atomic mass is 10.0. The maximum absolute atomic E-state index is 12.6. The molecule has 0 spiro atoms. The van der Waals surface area contributed by atoms with Gasteiger partial charge in [-0.3, -0.25) is 5.73 Å². The van der Waals surface area contributed by atoms with Crippen molar-refractivity contribution in [1.82, 2.24) is 0 Å². The summed E-state index contributed by atoms with van der Waals surface area (Å²) in [6, 6.07) is 0. The van der Waals surface area contributed by atoms with E-state index in [2.05, 4.69) is 0 Å². The largest absolute Gasteiger partial charge is 0.292 e. The van der Waals surface area contributed by atoms with Crippen LogP contribution in [0.1, 0.15) is 6.92 Å². The maximum atomic E-state index is 12.6. The molecular formula is C7H10FN. The average Bonchev–Trinajstić information content (AvgIpc) is 1.78. The molecule has 0 unspecified atom stereocenters. The van der Waals surface area contributed by atoms with Gasteiger partial charge in [0.1, 0.15) is 0 Å². The Bertz CT molecular complexity index is 142. The van der Waals surface area contributed by atoms with Gasteiger partial charge in [-0.15, -0.1) is 0 Å². The number of halogens is 1. The third-order valence-electron chi connectivity index (χ3n) is 1.31. The van der Waals surface area contributed by atoms with Crippen LogP contribution in [0, 0.1) is 5.92 Å². The average molecular weight is 127 g/mol. The van der Waals surface area contributed by atoms with Crippen LogP contribution < -0.4 is 5.73 Å². The van der Waals surface area contributed by atoms with E-state index in [1.807, 2.05) is 6.92 Å². The summed E-state index contributed by atoms with van der Waals surface area (Å²) in [4.78, 5) is 0. The molecule has 0 aliphatic heterocycles. The van der Waals surface area contributed by atoms with Gasteiger partial charge in [0.05, 0.1) is 0 Å². The van der Waals surface area contributed by atoms with Crippen LogP contribution in [0.25, 0.3) is 0 Å². The molecule has 9 heavy (non-hydrogen) atoms. The number of alkyl halides is 1. The van der Waals surface area contributed by atoms with Gasteiger partial charge in [-0.25, -0.2) is 4.39 Å². The minimum absolute atomic E-state index is 0.317. The molecule has 0 aromatic heterocycles. The first kappa shape index (κ1) is 6.49. The van der Waals surface area contributed by atoms with Gasteiger partial charge in [0, 0.05) is 0 Å². The minimum Gasteiger partial charge on any atom is -0.292 e. The molecule has 1 aliphatic carbocycles. The molecule has 1 nitrogen and oxygen atoms in total. The van der Waals surface area contributed by atoms with Gasteiger partial charge in [-0.05, 0) is 18.1 Å². The monoisotopic (exact) mass is 127 g/mol. The molecule has 0 fully saturated rings. The number of rotatable bonds is 0. The third-order valence-corrected chi connectivity index (χ3v) is 1.31. The Morgan fingerprint density at radius 1 is 1.44 bits per heavy atom. The van der Waals surface area contributed by atoms with Crippen molar-refractivity contribution in [1.29, 1.82) is 0 Å².